The van der Waals surface area contributed by atoms with E-state index >= 15 is 0 Å². The van der Waals surface area contributed by atoms with Crippen LogP contribution in [-0.2, 0) is 9.59 Å². The number of carboxylic acid groups (broad SMARTS) is 1. The van der Waals surface area contributed by atoms with Gasteiger partial charge >= 0.3 is 5.97 Å². The molecule has 1 fully saturated rings. The van der Waals surface area contributed by atoms with Crippen molar-refractivity contribution in [1.29, 1.82) is 0 Å². The number of amides is 1. The fourth-order valence-electron chi connectivity index (χ4n) is 1.80. The molecule has 1 aliphatic heterocycles. The van der Waals surface area contributed by atoms with Crippen molar-refractivity contribution < 1.29 is 14.7 Å². The Morgan fingerprint density at radius 3 is 2.18 bits per heavy atom. The topological polar surface area (TPSA) is 78.4 Å². The molecule has 1 unspecified atom stereocenters. The largest absolute Gasteiger partial charge is 0.480 e. The lowest BCUT2D eigenvalue weighted by atomic mass is 9.84. The average Bonchev–Trinajstić information content (AvgIpc) is 2.08. The summed E-state index contributed by atoms with van der Waals surface area (Å²) < 4.78 is 0. The molecule has 0 bridgehead atoms. The lowest BCUT2D eigenvalue weighted by Gasteiger charge is -2.34. The minimum absolute atomic E-state index is 0.138. The number of hydrogen-bond acceptors (Lipinski definition) is 3. The van der Waals surface area contributed by atoms with Crippen LogP contribution in [0.5, 0.6) is 0 Å². The van der Waals surface area contributed by atoms with Gasteiger partial charge < -0.3 is 15.7 Å². The van der Waals surface area contributed by atoms with Crippen LogP contribution in [0.3, 0.4) is 0 Å². The highest BCUT2D eigenvalue weighted by molar-refractivity contribution is 5.85. The fourth-order valence-corrected chi connectivity index (χ4v) is 1.80. The van der Waals surface area contributed by atoms with Crippen LogP contribution in [-0.4, -0.2) is 36.1 Å². The van der Waals surface area contributed by atoms with Crippen LogP contribution >= 0.6 is 0 Å². The Kier molecular flexibility index (Phi) is 4.14. The standard InChI is InChI=1S/C12H22N2O3/c1-7(8-5-13-6-8)10(15)14-9(11(16)17)12(2,3)4/h7-9,13H,5-6H2,1-4H3,(H,14,15)(H,16,17)/t7?,9-/m0/s1. The van der Waals surface area contributed by atoms with Gasteiger partial charge in [-0.1, -0.05) is 27.7 Å². The van der Waals surface area contributed by atoms with E-state index < -0.39 is 17.4 Å². The summed E-state index contributed by atoms with van der Waals surface area (Å²) in [5.41, 5.74) is -0.487. The van der Waals surface area contributed by atoms with Gasteiger partial charge in [0.05, 0.1) is 0 Å². The van der Waals surface area contributed by atoms with Crippen LogP contribution in [0.1, 0.15) is 27.7 Å². The summed E-state index contributed by atoms with van der Waals surface area (Å²) >= 11 is 0. The molecule has 1 rings (SSSR count). The molecule has 0 aromatic heterocycles. The van der Waals surface area contributed by atoms with Gasteiger partial charge in [0.2, 0.25) is 5.91 Å². The van der Waals surface area contributed by atoms with Crippen LogP contribution in [0, 0.1) is 17.3 Å². The predicted octanol–water partition coefficient (Wildman–Crippen LogP) is 0.457. The van der Waals surface area contributed by atoms with Crippen molar-refractivity contribution in [3.05, 3.63) is 0 Å². The first-order valence-corrected chi connectivity index (χ1v) is 5.97. The van der Waals surface area contributed by atoms with Crippen molar-refractivity contribution in [2.24, 2.45) is 17.3 Å². The van der Waals surface area contributed by atoms with Gasteiger partial charge in [0.15, 0.2) is 0 Å². The Balaban J connectivity index is 2.60. The molecule has 0 aromatic rings. The predicted molar refractivity (Wildman–Crippen MR) is 64.5 cm³/mol. The van der Waals surface area contributed by atoms with E-state index in [-0.39, 0.29) is 11.8 Å². The third-order valence-corrected chi connectivity index (χ3v) is 3.33. The maximum absolute atomic E-state index is 11.9. The third-order valence-electron chi connectivity index (χ3n) is 3.33. The molecule has 1 aliphatic rings. The van der Waals surface area contributed by atoms with Gasteiger partial charge in [0, 0.05) is 5.92 Å². The number of carboxylic acids is 1. The van der Waals surface area contributed by atoms with E-state index in [0.717, 1.165) is 13.1 Å². The Morgan fingerprint density at radius 1 is 1.35 bits per heavy atom. The molecule has 1 amide bonds. The van der Waals surface area contributed by atoms with Gasteiger partial charge in [-0.05, 0) is 24.4 Å². The molecule has 5 heteroatoms. The van der Waals surface area contributed by atoms with E-state index in [9.17, 15) is 9.59 Å². The first-order chi connectivity index (χ1) is 7.73. The molecule has 98 valence electrons. The van der Waals surface area contributed by atoms with Crippen LogP contribution < -0.4 is 10.6 Å². The highest BCUT2D eigenvalue weighted by atomic mass is 16.4. The highest BCUT2D eigenvalue weighted by Crippen LogP contribution is 2.21. The first-order valence-electron chi connectivity index (χ1n) is 5.97. The molecule has 5 nitrogen and oxygen atoms in total. The smallest absolute Gasteiger partial charge is 0.326 e. The summed E-state index contributed by atoms with van der Waals surface area (Å²) in [5.74, 6) is -0.964. The monoisotopic (exact) mass is 242 g/mol. The van der Waals surface area contributed by atoms with Gasteiger partial charge in [-0.25, -0.2) is 4.79 Å². The van der Waals surface area contributed by atoms with Gasteiger partial charge in [-0.15, -0.1) is 0 Å². The summed E-state index contributed by atoms with van der Waals surface area (Å²) in [6.45, 7) is 8.94. The Labute approximate surface area is 102 Å². The van der Waals surface area contributed by atoms with E-state index in [1.807, 2.05) is 27.7 Å². The van der Waals surface area contributed by atoms with Gasteiger partial charge in [-0.3, -0.25) is 4.79 Å². The zero-order valence-electron chi connectivity index (χ0n) is 10.9. The number of carbonyl (C=O) groups excluding carboxylic acids is 1. The quantitative estimate of drug-likeness (QED) is 0.669. The number of nitrogens with one attached hydrogen (secondary N) is 2. The molecule has 1 heterocycles. The summed E-state index contributed by atoms with van der Waals surface area (Å²) in [5, 5.41) is 14.9. The molecule has 0 radical (unpaired) electrons. The SMILES string of the molecule is CC(C(=O)N[C@@H](C(=O)O)C(C)(C)C)C1CNC1. The minimum Gasteiger partial charge on any atom is -0.480 e. The van der Waals surface area contributed by atoms with Crippen molar-refractivity contribution in [2.75, 3.05) is 13.1 Å². The molecule has 2 atom stereocenters. The van der Waals surface area contributed by atoms with Gasteiger partial charge in [0.25, 0.3) is 0 Å². The molecule has 1 saturated heterocycles. The van der Waals surface area contributed by atoms with Crippen molar-refractivity contribution in [3.8, 4) is 0 Å². The Hall–Kier alpha value is -1.10. The Bertz CT molecular complexity index is 305. The van der Waals surface area contributed by atoms with Gasteiger partial charge in [-0.2, -0.15) is 0 Å². The van der Waals surface area contributed by atoms with Crippen molar-refractivity contribution in [1.82, 2.24) is 10.6 Å². The number of aliphatic carboxylic acids is 1. The number of hydrogen-bond donors (Lipinski definition) is 3. The molecular weight excluding hydrogens is 220 g/mol. The fraction of sp³-hybridized carbons (Fsp3) is 0.833. The number of rotatable bonds is 4. The second-order valence-corrected chi connectivity index (χ2v) is 5.85. The second kappa shape index (κ2) is 5.04. The number of carbonyl (C=O) groups is 2. The van der Waals surface area contributed by atoms with Crippen LogP contribution in [0.2, 0.25) is 0 Å². The maximum atomic E-state index is 11.9. The lowest BCUT2D eigenvalue weighted by molar-refractivity contribution is -0.146. The van der Waals surface area contributed by atoms with E-state index in [2.05, 4.69) is 10.6 Å². The summed E-state index contributed by atoms with van der Waals surface area (Å²) in [6, 6.07) is -0.842. The molecule has 0 aliphatic carbocycles. The van der Waals surface area contributed by atoms with Crippen LogP contribution in [0.4, 0.5) is 0 Å². The molecule has 3 N–H and O–H groups in total. The van der Waals surface area contributed by atoms with Gasteiger partial charge in [0.1, 0.15) is 6.04 Å². The van der Waals surface area contributed by atoms with E-state index in [0.29, 0.717) is 5.92 Å². The maximum Gasteiger partial charge on any atom is 0.326 e. The van der Waals surface area contributed by atoms with Crippen molar-refractivity contribution in [3.63, 3.8) is 0 Å². The molecule has 0 saturated carbocycles. The van der Waals surface area contributed by atoms with Crippen molar-refractivity contribution >= 4 is 11.9 Å². The zero-order valence-corrected chi connectivity index (χ0v) is 10.9. The van der Waals surface area contributed by atoms with Crippen LogP contribution in [0.15, 0.2) is 0 Å². The highest BCUT2D eigenvalue weighted by Gasteiger charge is 2.36. The zero-order chi connectivity index (χ0) is 13.2. The van der Waals surface area contributed by atoms with Crippen molar-refractivity contribution in [2.45, 2.75) is 33.7 Å². The van der Waals surface area contributed by atoms with Crippen LogP contribution in [0.25, 0.3) is 0 Å². The minimum atomic E-state index is -0.982. The van der Waals surface area contributed by atoms with E-state index in [1.165, 1.54) is 0 Å². The van der Waals surface area contributed by atoms with E-state index in [1.54, 1.807) is 0 Å². The normalized spacial score (nSPS) is 20.2. The molecular formula is C12H22N2O3. The summed E-state index contributed by atoms with van der Waals surface area (Å²) in [4.78, 5) is 23.1. The molecule has 0 spiro atoms. The first kappa shape index (κ1) is 14.0. The van der Waals surface area contributed by atoms with E-state index in [4.69, 9.17) is 5.11 Å². The summed E-state index contributed by atoms with van der Waals surface area (Å²) in [6.07, 6.45) is 0. The molecule has 0 aromatic carbocycles. The third kappa shape index (κ3) is 3.43. The Morgan fingerprint density at radius 2 is 1.88 bits per heavy atom. The lowest BCUT2D eigenvalue weighted by Crippen LogP contribution is -2.54. The summed E-state index contributed by atoms with van der Waals surface area (Å²) in [7, 11) is 0. The second-order valence-electron chi connectivity index (χ2n) is 5.85. The molecule has 17 heavy (non-hydrogen) atoms. The average molecular weight is 242 g/mol.